The number of ether oxygens (including phenoxy) is 2. The van der Waals surface area contributed by atoms with Crippen LogP contribution in [0.4, 0.5) is 0 Å². The molecule has 0 saturated heterocycles. The molecule has 1 heterocycles. The van der Waals surface area contributed by atoms with Gasteiger partial charge in [0.15, 0.2) is 0 Å². The lowest BCUT2D eigenvalue weighted by Gasteiger charge is -2.11. The van der Waals surface area contributed by atoms with Gasteiger partial charge in [0, 0.05) is 11.6 Å². The van der Waals surface area contributed by atoms with E-state index in [0.29, 0.717) is 28.5 Å². The Kier molecular flexibility index (Phi) is 4.12. The summed E-state index contributed by atoms with van der Waals surface area (Å²) in [5, 5.41) is 9.19. The lowest BCUT2D eigenvalue weighted by molar-refractivity contribution is 0.0695. The fourth-order valence-electron chi connectivity index (χ4n) is 2.26. The zero-order valence-electron chi connectivity index (χ0n) is 12.4. The number of hydrogen-bond acceptors (Lipinski definition) is 4. The van der Waals surface area contributed by atoms with Gasteiger partial charge >= 0.3 is 5.97 Å². The van der Waals surface area contributed by atoms with Crippen molar-refractivity contribution in [2.24, 2.45) is 0 Å². The second-order valence-electron chi connectivity index (χ2n) is 4.69. The van der Waals surface area contributed by atoms with Crippen LogP contribution in [0.3, 0.4) is 0 Å². The molecular formula is C16H17NO4. The van der Waals surface area contributed by atoms with Crippen molar-refractivity contribution in [3.63, 3.8) is 0 Å². The Morgan fingerprint density at radius 1 is 1.05 bits per heavy atom. The number of carboxylic acid groups (broad SMARTS) is 1. The van der Waals surface area contributed by atoms with Crippen LogP contribution >= 0.6 is 0 Å². The molecule has 0 radical (unpaired) electrons. The summed E-state index contributed by atoms with van der Waals surface area (Å²) >= 11 is 0. The number of aromatic nitrogens is 1. The molecular weight excluding hydrogens is 270 g/mol. The Labute approximate surface area is 123 Å². The van der Waals surface area contributed by atoms with Gasteiger partial charge in [-0.1, -0.05) is 0 Å². The summed E-state index contributed by atoms with van der Waals surface area (Å²) in [7, 11) is 3.16. The van der Waals surface area contributed by atoms with Crippen molar-refractivity contribution in [1.82, 2.24) is 4.98 Å². The zero-order valence-corrected chi connectivity index (χ0v) is 12.4. The van der Waals surface area contributed by atoms with Crippen molar-refractivity contribution in [3.05, 3.63) is 41.1 Å². The van der Waals surface area contributed by atoms with Crippen LogP contribution in [0, 0.1) is 13.8 Å². The van der Waals surface area contributed by atoms with Crippen LogP contribution < -0.4 is 9.47 Å². The number of hydrogen-bond donors (Lipinski definition) is 1. The van der Waals surface area contributed by atoms with Gasteiger partial charge in [-0.05, 0) is 37.6 Å². The number of rotatable bonds is 4. The maximum absolute atomic E-state index is 11.2. The van der Waals surface area contributed by atoms with Gasteiger partial charge in [0.25, 0.3) is 0 Å². The molecule has 2 aromatic rings. The summed E-state index contributed by atoms with van der Waals surface area (Å²) < 4.78 is 10.5. The van der Waals surface area contributed by atoms with E-state index in [9.17, 15) is 9.90 Å². The highest BCUT2D eigenvalue weighted by atomic mass is 16.5. The van der Waals surface area contributed by atoms with Crippen LogP contribution in [0.15, 0.2) is 24.3 Å². The van der Waals surface area contributed by atoms with Gasteiger partial charge in [0.05, 0.1) is 31.2 Å². The molecule has 21 heavy (non-hydrogen) atoms. The van der Waals surface area contributed by atoms with Gasteiger partial charge in [0.1, 0.15) is 11.5 Å². The summed E-state index contributed by atoms with van der Waals surface area (Å²) in [6.07, 6.45) is 0. The van der Waals surface area contributed by atoms with Crippen molar-refractivity contribution in [3.8, 4) is 22.8 Å². The molecule has 0 atom stereocenters. The SMILES string of the molecule is COc1cc(OC)cc(-c2cc(C)c(C(=O)O)c(C)n2)c1. The monoisotopic (exact) mass is 287 g/mol. The molecule has 2 rings (SSSR count). The van der Waals surface area contributed by atoms with Crippen LogP contribution in [0.1, 0.15) is 21.6 Å². The number of carbonyl (C=O) groups is 1. The van der Waals surface area contributed by atoms with E-state index in [2.05, 4.69) is 4.98 Å². The highest BCUT2D eigenvalue weighted by Crippen LogP contribution is 2.30. The van der Waals surface area contributed by atoms with E-state index in [1.54, 1.807) is 40.2 Å². The van der Waals surface area contributed by atoms with Crippen molar-refractivity contribution >= 4 is 5.97 Å². The number of carboxylic acids is 1. The first-order chi connectivity index (χ1) is 9.96. The number of nitrogens with zero attached hydrogens (tertiary/aromatic N) is 1. The van der Waals surface area contributed by atoms with E-state index < -0.39 is 5.97 Å². The van der Waals surface area contributed by atoms with E-state index >= 15 is 0 Å². The van der Waals surface area contributed by atoms with Gasteiger partial charge in [-0.25, -0.2) is 4.79 Å². The Hall–Kier alpha value is -2.56. The van der Waals surface area contributed by atoms with Crippen LogP contribution in [0.2, 0.25) is 0 Å². The van der Waals surface area contributed by atoms with Crippen molar-refractivity contribution < 1.29 is 19.4 Å². The maximum Gasteiger partial charge on any atom is 0.337 e. The Bertz CT molecular complexity index is 649. The first-order valence-corrected chi connectivity index (χ1v) is 6.41. The molecule has 0 bridgehead atoms. The molecule has 1 aromatic heterocycles. The summed E-state index contributed by atoms with van der Waals surface area (Å²) in [6, 6.07) is 7.20. The summed E-state index contributed by atoms with van der Waals surface area (Å²) in [4.78, 5) is 15.6. The average molecular weight is 287 g/mol. The van der Waals surface area contributed by atoms with E-state index in [1.165, 1.54) is 0 Å². The van der Waals surface area contributed by atoms with E-state index in [-0.39, 0.29) is 5.56 Å². The number of aromatic carboxylic acids is 1. The average Bonchev–Trinajstić information content (AvgIpc) is 2.45. The largest absolute Gasteiger partial charge is 0.497 e. The predicted molar refractivity (Wildman–Crippen MR) is 79.2 cm³/mol. The normalized spacial score (nSPS) is 10.3. The maximum atomic E-state index is 11.2. The lowest BCUT2D eigenvalue weighted by Crippen LogP contribution is -2.05. The van der Waals surface area contributed by atoms with Crippen LogP contribution in [0.5, 0.6) is 11.5 Å². The first kappa shape index (κ1) is 14.8. The number of pyridine rings is 1. The van der Waals surface area contributed by atoms with E-state index in [4.69, 9.17) is 9.47 Å². The lowest BCUT2D eigenvalue weighted by atomic mass is 10.0. The Balaban J connectivity index is 2.59. The quantitative estimate of drug-likeness (QED) is 0.935. The summed E-state index contributed by atoms with van der Waals surface area (Å²) in [6.45, 7) is 3.45. The second-order valence-corrected chi connectivity index (χ2v) is 4.69. The van der Waals surface area contributed by atoms with Gasteiger partial charge in [-0.15, -0.1) is 0 Å². The minimum absolute atomic E-state index is 0.244. The Morgan fingerprint density at radius 3 is 2.05 bits per heavy atom. The topological polar surface area (TPSA) is 68.7 Å². The third-order valence-corrected chi connectivity index (χ3v) is 3.26. The number of aryl methyl sites for hydroxylation is 2. The standard InChI is InChI=1S/C16H17NO4/c1-9-5-14(17-10(2)15(9)16(18)19)11-6-12(20-3)8-13(7-11)21-4/h5-8H,1-4H3,(H,18,19). The fraction of sp³-hybridized carbons (Fsp3) is 0.250. The molecule has 1 N–H and O–H groups in total. The van der Waals surface area contributed by atoms with Crippen LogP contribution in [-0.2, 0) is 0 Å². The zero-order chi connectivity index (χ0) is 15.6. The summed E-state index contributed by atoms with van der Waals surface area (Å²) in [5.74, 6) is 0.347. The number of methoxy groups -OCH3 is 2. The van der Waals surface area contributed by atoms with E-state index in [0.717, 1.165) is 5.56 Å². The smallest absolute Gasteiger partial charge is 0.337 e. The molecule has 0 unspecified atom stereocenters. The minimum Gasteiger partial charge on any atom is -0.497 e. The molecule has 0 aliphatic carbocycles. The predicted octanol–water partition coefficient (Wildman–Crippen LogP) is 3.08. The van der Waals surface area contributed by atoms with Gasteiger partial charge in [-0.2, -0.15) is 0 Å². The van der Waals surface area contributed by atoms with Crippen molar-refractivity contribution in [2.75, 3.05) is 14.2 Å². The fourth-order valence-corrected chi connectivity index (χ4v) is 2.26. The molecule has 0 aliphatic heterocycles. The molecule has 0 spiro atoms. The molecule has 5 nitrogen and oxygen atoms in total. The summed E-state index contributed by atoms with van der Waals surface area (Å²) in [5.41, 5.74) is 2.90. The molecule has 0 saturated carbocycles. The van der Waals surface area contributed by atoms with Crippen molar-refractivity contribution in [2.45, 2.75) is 13.8 Å². The molecule has 1 aromatic carbocycles. The van der Waals surface area contributed by atoms with Gasteiger partial charge < -0.3 is 14.6 Å². The molecule has 0 amide bonds. The van der Waals surface area contributed by atoms with Crippen LogP contribution in [-0.4, -0.2) is 30.3 Å². The molecule has 110 valence electrons. The number of benzene rings is 1. The van der Waals surface area contributed by atoms with E-state index in [1.807, 2.05) is 12.1 Å². The van der Waals surface area contributed by atoms with Gasteiger partial charge in [0.2, 0.25) is 0 Å². The third kappa shape index (κ3) is 2.97. The second kappa shape index (κ2) is 5.83. The molecule has 0 aliphatic rings. The van der Waals surface area contributed by atoms with Crippen LogP contribution in [0.25, 0.3) is 11.3 Å². The Morgan fingerprint density at radius 2 is 1.62 bits per heavy atom. The third-order valence-electron chi connectivity index (χ3n) is 3.26. The van der Waals surface area contributed by atoms with Crippen molar-refractivity contribution in [1.29, 1.82) is 0 Å². The molecule has 0 fully saturated rings. The highest BCUT2D eigenvalue weighted by Gasteiger charge is 2.15. The van der Waals surface area contributed by atoms with Gasteiger partial charge in [-0.3, -0.25) is 4.98 Å². The minimum atomic E-state index is -0.965. The highest BCUT2D eigenvalue weighted by molar-refractivity contribution is 5.91. The molecule has 5 heteroatoms. The first-order valence-electron chi connectivity index (χ1n) is 6.41.